The van der Waals surface area contributed by atoms with Gasteiger partial charge in [-0.2, -0.15) is 0 Å². The van der Waals surface area contributed by atoms with E-state index in [-0.39, 0.29) is 13.2 Å². The van der Waals surface area contributed by atoms with Gasteiger partial charge in [-0.3, -0.25) is 9.05 Å². The molecular formula is C30H58N2O6P+. The first-order chi connectivity index (χ1) is 18.9. The van der Waals surface area contributed by atoms with Gasteiger partial charge in [-0.25, -0.2) is 9.13 Å². The molecule has 2 atom stereocenters. The Morgan fingerprint density at radius 3 is 1.85 bits per heavy atom. The molecule has 1 N–H and O–H groups in total. The van der Waals surface area contributed by atoms with E-state index < -0.39 is 13.9 Å². The van der Waals surface area contributed by atoms with Crippen LogP contribution >= 0.6 is 7.82 Å². The second kappa shape index (κ2) is 23.7. The summed E-state index contributed by atoms with van der Waals surface area (Å²) in [5, 5.41) is 0. The summed E-state index contributed by atoms with van der Waals surface area (Å²) in [5.41, 5.74) is 1.08. The van der Waals surface area contributed by atoms with Gasteiger partial charge in [0.15, 0.2) is 18.9 Å². The van der Waals surface area contributed by atoms with Crippen molar-refractivity contribution in [3.05, 3.63) is 24.5 Å². The fourth-order valence-electron chi connectivity index (χ4n) is 4.37. The quantitative estimate of drug-likeness (QED) is 0.0684. The average Bonchev–Trinajstić information content (AvgIpc) is 2.91. The molecule has 1 heterocycles. The van der Waals surface area contributed by atoms with Crippen molar-refractivity contribution < 1.29 is 32.5 Å². The maximum Gasteiger partial charge on any atom is 0.472 e. The molecule has 9 heteroatoms. The molecule has 0 spiro atoms. The van der Waals surface area contributed by atoms with Crippen molar-refractivity contribution in [3.63, 3.8) is 0 Å². The number of hydrogen-bond acceptors (Lipinski definition) is 6. The van der Waals surface area contributed by atoms with Gasteiger partial charge < -0.3 is 19.3 Å². The predicted molar refractivity (Wildman–Crippen MR) is 159 cm³/mol. The molecule has 0 saturated carbocycles. The minimum absolute atomic E-state index is 0.0506. The number of phosphoric ester groups is 1. The topological polar surface area (TPSA) is 81.3 Å². The smallest absolute Gasteiger partial charge is 0.379 e. The number of nitrogens with zero attached hydrogens (tertiary/aromatic N) is 2. The molecule has 0 fully saturated rings. The third-order valence-electron chi connectivity index (χ3n) is 6.77. The van der Waals surface area contributed by atoms with Crippen molar-refractivity contribution in [1.82, 2.24) is 0 Å². The minimum Gasteiger partial charge on any atom is -0.379 e. The lowest BCUT2D eigenvalue weighted by atomic mass is 10.0. The second-order valence-electron chi connectivity index (χ2n) is 10.5. The van der Waals surface area contributed by atoms with Crippen LogP contribution in [0.3, 0.4) is 0 Å². The standard InChI is InChI=1S/C30H57N2O6P/c1-5-7-8-9-10-11-12-13-14-15-16-17-18-19-25-35-27-30(36-6-2)28-38-39(33,34)37-26-24-32-22-20-29(21-23-32)31(3)4/h20-23,30H,5-19,24-28H2,1-4H3/p+1. The van der Waals surface area contributed by atoms with Gasteiger partial charge in [0.2, 0.25) is 0 Å². The molecule has 8 nitrogen and oxygen atoms in total. The zero-order valence-corrected chi connectivity index (χ0v) is 26.3. The highest BCUT2D eigenvalue weighted by molar-refractivity contribution is 7.47. The molecular weight excluding hydrogens is 515 g/mol. The van der Waals surface area contributed by atoms with E-state index in [9.17, 15) is 9.46 Å². The van der Waals surface area contributed by atoms with Crippen molar-refractivity contribution in [3.8, 4) is 0 Å². The maximum atomic E-state index is 12.3. The fraction of sp³-hybridized carbons (Fsp3) is 0.833. The second-order valence-corrected chi connectivity index (χ2v) is 12.0. The number of rotatable bonds is 27. The predicted octanol–water partition coefficient (Wildman–Crippen LogP) is 7.08. The third-order valence-corrected chi connectivity index (χ3v) is 7.75. The Bertz CT molecular complexity index is 735. The highest BCUT2D eigenvalue weighted by atomic mass is 31.2. The summed E-state index contributed by atoms with van der Waals surface area (Å²) >= 11 is 0. The molecule has 39 heavy (non-hydrogen) atoms. The first-order valence-corrected chi connectivity index (χ1v) is 16.8. The Balaban J connectivity index is 2.05. The number of pyridine rings is 1. The van der Waals surface area contributed by atoms with E-state index in [1.807, 2.05) is 55.0 Å². The van der Waals surface area contributed by atoms with Crippen LogP contribution < -0.4 is 9.47 Å². The number of anilines is 1. The lowest BCUT2D eigenvalue weighted by Crippen LogP contribution is -2.35. The maximum absolute atomic E-state index is 12.3. The monoisotopic (exact) mass is 573 g/mol. The van der Waals surface area contributed by atoms with Crippen LogP contribution in [-0.4, -0.2) is 58.1 Å². The largest absolute Gasteiger partial charge is 0.472 e. The number of hydrogen-bond donors (Lipinski definition) is 1. The van der Waals surface area contributed by atoms with E-state index in [2.05, 4.69) is 6.92 Å². The molecule has 0 bridgehead atoms. The molecule has 0 amide bonds. The van der Waals surface area contributed by atoms with Crippen LogP contribution in [0.2, 0.25) is 0 Å². The van der Waals surface area contributed by atoms with Gasteiger partial charge in [0, 0.05) is 45.1 Å². The van der Waals surface area contributed by atoms with Crippen LogP contribution in [0.25, 0.3) is 0 Å². The molecule has 0 aliphatic heterocycles. The van der Waals surface area contributed by atoms with E-state index in [1.54, 1.807) is 0 Å². The van der Waals surface area contributed by atoms with Crippen molar-refractivity contribution in [2.24, 2.45) is 0 Å². The van der Waals surface area contributed by atoms with Gasteiger partial charge in [-0.15, -0.1) is 0 Å². The van der Waals surface area contributed by atoms with E-state index in [0.717, 1.165) is 12.1 Å². The van der Waals surface area contributed by atoms with E-state index in [1.165, 1.54) is 83.5 Å². The van der Waals surface area contributed by atoms with Gasteiger partial charge >= 0.3 is 7.82 Å². The summed E-state index contributed by atoms with van der Waals surface area (Å²) in [7, 11) is -0.215. The lowest BCUT2D eigenvalue weighted by Gasteiger charge is -2.19. The SMILES string of the molecule is CCCCCCCCCCCCCCCCOCC(COP(=O)(O)OCC[n+]1ccc(N(C)C)cc1)OCC. The van der Waals surface area contributed by atoms with Crippen molar-refractivity contribution >= 4 is 13.5 Å². The Morgan fingerprint density at radius 1 is 0.795 bits per heavy atom. The van der Waals surface area contributed by atoms with E-state index in [0.29, 0.717) is 26.4 Å². The minimum atomic E-state index is -4.17. The lowest BCUT2D eigenvalue weighted by molar-refractivity contribution is -0.697. The van der Waals surface area contributed by atoms with Gasteiger partial charge in [-0.1, -0.05) is 90.4 Å². The van der Waals surface area contributed by atoms with Gasteiger partial charge in [0.1, 0.15) is 12.7 Å². The summed E-state index contributed by atoms with van der Waals surface area (Å²) < 4.78 is 35.9. The molecule has 1 aromatic rings. The zero-order chi connectivity index (χ0) is 28.6. The molecule has 0 radical (unpaired) electrons. The van der Waals surface area contributed by atoms with Crippen LogP contribution in [0, 0.1) is 0 Å². The molecule has 0 aliphatic rings. The average molecular weight is 574 g/mol. The Morgan fingerprint density at radius 2 is 1.33 bits per heavy atom. The summed E-state index contributed by atoms with van der Waals surface area (Å²) in [4.78, 5) is 12.0. The van der Waals surface area contributed by atoms with Crippen LogP contribution in [-0.2, 0) is 29.6 Å². The summed E-state index contributed by atoms with van der Waals surface area (Å²) in [6, 6.07) is 3.95. The molecule has 2 unspecified atom stereocenters. The van der Waals surface area contributed by atoms with Gasteiger partial charge in [0.25, 0.3) is 0 Å². The van der Waals surface area contributed by atoms with Gasteiger partial charge in [-0.05, 0) is 13.3 Å². The summed E-state index contributed by atoms with van der Waals surface area (Å²) in [6.45, 7) is 6.09. The molecule has 0 aromatic carbocycles. The van der Waals surface area contributed by atoms with Crippen LogP contribution in [0.1, 0.15) is 104 Å². The van der Waals surface area contributed by atoms with Gasteiger partial charge in [0.05, 0.1) is 13.2 Å². The van der Waals surface area contributed by atoms with Crippen LogP contribution in [0.15, 0.2) is 24.5 Å². The zero-order valence-electron chi connectivity index (χ0n) is 25.4. The van der Waals surface area contributed by atoms with Crippen molar-refractivity contribution in [2.45, 2.75) is 116 Å². The first kappa shape index (κ1) is 36.0. The fourth-order valence-corrected chi connectivity index (χ4v) is 5.11. The number of phosphoric acid groups is 1. The molecule has 0 aliphatic carbocycles. The van der Waals surface area contributed by atoms with Crippen LogP contribution in [0.5, 0.6) is 0 Å². The molecule has 228 valence electrons. The number of unbranched alkanes of at least 4 members (excludes halogenated alkanes) is 13. The highest BCUT2D eigenvalue weighted by Gasteiger charge is 2.24. The van der Waals surface area contributed by atoms with E-state index in [4.69, 9.17) is 18.5 Å². The van der Waals surface area contributed by atoms with Crippen molar-refractivity contribution in [2.75, 3.05) is 52.0 Å². The summed E-state index contributed by atoms with van der Waals surface area (Å²) in [5.74, 6) is 0. The third kappa shape index (κ3) is 20.5. The molecule has 0 saturated heterocycles. The normalized spacial score (nSPS) is 13.9. The Kier molecular flexibility index (Phi) is 21.8. The first-order valence-electron chi connectivity index (χ1n) is 15.4. The van der Waals surface area contributed by atoms with Crippen LogP contribution in [0.4, 0.5) is 5.69 Å². The summed E-state index contributed by atoms with van der Waals surface area (Å²) in [6.07, 6.45) is 22.0. The number of aromatic nitrogens is 1. The number of ether oxygens (including phenoxy) is 2. The Labute approximate surface area is 239 Å². The molecule has 1 aromatic heterocycles. The van der Waals surface area contributed by atoms with E-state index >= 15 is 0 Å². The highest BCUT2D eigenvalue weighted by Crippen LogP contribution is 2.43. The van der Waals surface area contributed by atoms with Crippen molar-refractivity contribution in [1.29, 1.82) is 0 Å². The molecule has 1 rings (SSSR count). The Hall–Kier alpha value is -1.02.